The molecule has 3 rings (SSSR count). The van der Waals surface area contributed by atoms with Crippen molar-refractivity contribution in [3.8, 4) is 0 Å². The van der Waals surface area contributed by atoms with Crippen molar-refractivity contribution in [3.63, 3.8) is 0 Å². The molecular formula is C28H34N2O4Si. The molecule has 1 aliphatic rings. The van der Waals surface area contributed by atoms with Crippen LogP contribution in [0, 0.1) is 5.92 Å². The lowest BCUT2D eigenvalue weighted by Crippen LogP contribution is -2.70. The molecule has 2 aromatic rings. The average molecular weight is 491 g/mol. The Kier molecular flexibility index (Phi) is 8.06. The predicted octanol–water partition coefficient (Wildman–Crippen LogP) is 4.09. The molecule has 6 nitrogen and oxygen atoms in total. The van der Waals surface area contributed by atoms with Gasteiger partial charge in [0.25, 0.3) is 14.1 Å². The Morgan fingerprint density at radius 1 is 1.03 bits per heavy atom. The van der Waals surface area contributed by atoms with E-state index in [0.29, 0.717) is 6.42 Å². The van der Waals surface area contributed by atoms with Gasteiger partial charge >= 0.3 is 11.7 Å². The van der Waals surface area contributed by atoms with Crippen LogP contribution in [0.3, 0.4) is 0 Å². The zero-order chi connectivity index (χ0) is 25.7. The molecule has 0 aromatic heterocycles. The van der Waals surface area contributed by atoms with E-state index in [1.54, 1.807) is 6.92 Å². The third kappa shape index (κ3) is 4.98. The summed E-state index contributed by atoms with van der Waals surface area (Å²) in [6.45, 7) is 8.28. The van der Waals surface area contributed by atoms with E-state index in [9.17, 15) is 15.1 Å². The number of rotatable bonds is 8. The maximum Gasteiger partial charge on any atom is 0.441 e. The molecule has 0 N–H and O–H groups in total. The first-order valence-electron chi connectivity index (χ1n) is 12.0. The topological polar surface area (TPSA) is 89.0 Å². The Hall–Kier alpha value is -3.12. The zero-order valence-electron chi connectivity index (χ0n) is 21.2. The van der Waals surface area contributed by atoms with Gasteiger partial charge in [0.1, 0.15) is 0 Å². The first-order chi connectivity index (χ1) is 16.6. The number of hydrogen-bond donors (Lipinski definition) is 0. The monoisotopic (exact) mass is 490 g/mol. The van der Waals surface area contributed by atoms with Crippen LogP contribution in [0.15, 0.2) is 72.8 Å². The van der Waals surface area contributed by atoms with Crippen molar-refractivity contribution in [2.75, 3.05) is 7.11 Å². The summed E-state index contributed by atoms with van der Waals surface area (Å²) in [4.78, 5) is 28.7. The van der Waals surface area contributed by atoms with Gasteiger partial charge in [-0.3, -0.25) is 4.79 Å². The van der Waals surface area contributed by atoms with E-state index in [4.69, 9.17) is 4.43 Å². The predicted molar refractivity (Wildman–Crippen MR) is 139 cm³/mol. The normalized spacial score (nSPS) is 18.9. The number of ether oxygens (including phenoxy) is 1. The van der Waals surface area contributed by atoms with Crippen LogP contribution in [0.5, 0.6) is 0 Å². The van der Waals surface area contributed by atoms with Gasteiger partial charge in [-0.25, -0.2) is 4.79 Å². The van der Waals surface area contributed by atoms with Gasteiger partial charge in [-0.05, 0) is 34.7 Å². The number of allylic oxidation sites excluding steroid dienone is 1. The van der Waals surface area contributed by atoms with Crippen LogP contribution in [0.4, 0.5) is 0 Å². The summed E-state index contributed by atoms with van der Waals surface area (Å²) in [5, 5.41) is 1.90. The first kappa shape index (κ1) is 26.5. The summed E-state index contributed by atoms with van der Waals surface area (Å²) in [5.74, 6) is -2.36. The summed E-state index contributed by atoms with van der Waals surface area (Å²) in [7, 11) is -1.87. The number of esters is 1. The molecule has 2 atom stereocenters. The van der Waals surface area contributed by atoms with Crippen LogP contribution >= 0.6 is 0 Å². The fourth-order valence-corrected chi connectivity index (χ4v) is 9.89. The number of hydrogen-bond acceptors (Lipinski definition) is 4. The summed E-state index contributed by atoms with van der Waals surface area (Å²) in [6.07, 6.45) is 6.32. The van der Waals surface area contributed by atoms with E-state index in [0.717, 1.165) is 30.3 Å². The molecule has 0 radical (unpaired) electrons. The van der Waals surface area contributed by atoms with Crippen LogP contribution in [0.1, 0.15) is 47.0 Å². The van der Waals surface area contributed by atoms with E-state index >= 15 is 0 Å². The molecule has 7 heteroatoms. The lowest BCUT2D eigenvalue weighted by atomic mass is 9.78. The molecule has 0 heterocycles. The third-order valence-electron chi connectivity index (χ3n) is 6.94. The molecule has 35 heavy (non-hydrogen) atoms. The van der Waals surface area contributed by atoms with Crippen molar-refractivity contribution >= 4 is 36.2 Å². The maximum atomic E-state index is 13.5. The third-order valence-corrected chi connectivity index (χ3v) is 12.0. The molecule has 2 aromatic carbocycles. The van der Waals surface area contributed by atoms with E-state index in [1.165, 1.54) is 0 Å². The number of benzene rings is 2. The minimum atomic E-state index is -3.02. The largest absolute Gasteiger partial charge is 0.460 e. The van der Waals surface area contributed by atoms with Gasteiger partial charge in [-0.1, -0.05) is 101 Å². The number of Topliss-reactive ketones (excluding diaryl/α,β-unsaturated/α-hetero) is 1. The highest BCUT2D eigenvalue weighted by molar-refractivity contribution is 6.99. The molecule has 184 valence electrons. The Morgan fingerprint density at radius 3 is 1.97 bits per heavy atom. The number of methoxy groups -OCH3 is 1. The van der Waals surface area contributed by atoms with Crippen molar-refractivity contribution in [3.05, 3.63) is 78.3 Å². The first-order valence-corrected chi connectivity index (χ1v) is 13.9. The number of ketones is 1. The summed E-state index contributed by atoms with van der Waals surface area (Å²) < 4.78 is 12.1. The minimum absolute atomic E-state index is 0.299. The zero-order valence-corrected chi connectivity index (χ0v) is 22.2. The van der Waals surface area contributed by atoms with Crippen molar-refractivity contribution in [1.29, 1.82) is 0 Å². The summed E-state index contributed by atoms with van der Waals surface area (Å²) in [5.41, 5.74) is 7.85. The van der Waals surface area contributed by atoms with Gasteiger partial charge in [0, 0.05) is 0 Å². The van der Waals surface area contributed by atoms with E-state index in [2.05, 4.69) is 54.6 Å². The van der Waals surface area contributed by atoms with E-state index in [-0.39, 0.29) is 5.04 Å². The van der Waals surface area contributed by atoms with Crippen LogP contribution in [-0.4, -0.2) is 43.3 Å². The van der Waals surface area contributed by atoms with E-state index < -0.39 is 37.3 Å². The molecule has 0 aliphatic heterocycles. The van der Waals surface area contributed by atoms with Crippen molar-refractivity contribution in [2.24, 2.45) is 5.92 Å². The molecule has 0 saturated carbocycles. The van der Waals surface area contributed by atoms with Crippen LogP contribution in [-0.2, 0) is 18.8 Å². The number of nitrogens with zero attached hydrogens (tertiary/aromatic N) is 2. The Bertz CT molecular complexity index is 1100. The Morgan fingerprint density at radius 2 is 1.57 bits per heavy atom. The second-order valence-corrected chi connectivity index (χ2v) is 14.3. The highest BCUT2D eigenvalue weighted by atomic mass is 28.4. The lowest BCUT2D eigenvalue weighted by Gasteiger charge is -2.51. The molecule has 0 saturated heterocycles. The Labute approximate surface area is 208 Å². The van der Waals surface area contributed by atoms with Gasteiger partial charge in [0.2, 0.25) is 0 Å². The molecular weight excluding hydrogens is 456 g/mol. The van der Waals surface area contributed by atoms with Crippen molar-refractivity contribution < 1.29 is 23.5 Å². The van der Waals surface area contributed by atoms with Crippen LogP contribution in [0.2, 0.25) is 5.04 Å². The minimum Gasteiger partial charge on any atom is -0.460 e. The molecule has 0 unspecified atom stereocenters. The highest BCUT2D eigenvalue weighted by Gasteiger charge is 2.57. The lowest BCUT2D eigenvalue weighted by molar-refractivity contribution is -0.141. The number of carbonyl (C=O) groups excluding carboxylic acids is 2. The second kappa shape index (κ2) is 10.6. The van der Waals surface area contributed by atoms with Crippen LogP contribution < -0.4 is 10.4 Å². The average Bonchev–Trinajstić information content (AvgIpc) is 2.87. The van der Waals surface area contributed by atoms with Crippen molar-refractivity contribution in [2.45, 2.75) is 57.6 Å². The van der Waals surface area contributed by atoms with E-state index in [1.807, 2.05) is 48.6 Å². The molecule has 0 bridgehead atoms. The molecule has 0 spiro atoms. The van der Waals surface area contributed by atoms with Crippen LogP contribution in [0.25, 0.3) is 5.53 Å². The molecule has 0 amide bonds. The quantitative estimate of drug-likeness (QED) is 0.106. The number of carbonyl (C=O) groups is 2. The van der Waals surface area contributed by atoms with Gasteiger partial charge < -0.3 is 14.7 Å². The van der Waals surface area contributed by atoms with Crippen molar-refractivity contribution in [1.82, 2.24) is 0 Å². The molecule has 0 fully saturated rings. The smallest absolute Gasteiger partial charge is 0.441 e. The maximum absolute atomic E-state index is 13.5. The second-order valence-electron chi connectivity index (χ2n) is 10.0. The molecule has 1 aliphatic carbocycles. The standard InChI is InChI=1S/C28H34N2O4Si/c1-21(25(31)24(30-29)26(32)33-5)28(19-13-8-14-20-28)34-35(27(2,3)4,22-15-9-6-10-16-22)23-17-11-7-12-18-23/h6-7,9-13,15-19,21H,8,14,20H2,1-5H3/t21-,28-/m0/s1. The van der Waals surface area contributed by atoms with Gasteiger partial charge in [-0.2, -0.15) is 4.79 Å². The highest BCUT2D eigenvalue weighted by Crippen LogP contribution is 2.44. The van der Waals surface area contributed by atoms with Gasteiger partial charge in [-0.15, -0.1) is 0 Å². The summed E-state index contributed by atoms with van der Waals surface area (Å²) in [6, 6.07) is 20.4. The summed E-state index contributed by atoms with van der Waals surface area (Å²) >= 11 is 0. The van der Waals surface area contributed by atoms with Gasteiger partial charge in [0.05, 0.1) is 18.6 Å². The fourth-order valence-electron chi connectivity index (χ4n) is 5.05. The Balaban J connectivity index is 2.26. The fraction of sp³-hybridized carbons (Fsp3) is 0.393. The SMILES string of the molecule is COC(=O)C(=[N+]=[N-])C(=O)[C@H](C)[C@]1(O[Si](c2ccccc2)(c2ccccc2)C(C)(C)C)C=CCCC1. The van der Waals surface area contributed by atoms with Gasteiger partial charge in [0.15, 0.2) is 0 Å².